The largest absolute Gasteiger partial charge is 0.502 e. The van der Waals surface area contributed by atoms with Crippen molar-refractivity contribution in [1.29, 1.82) is 0 Å². The van der Waals surface area contributed by atoms with E-state index in [4.69, 9.17) is 17.0 Å². The Bertz CT molecular complexity index is 1050. The summed E-state index contributed by atoms with van der Waals surface area (Å²) in [4.78, 5) is 24.9. The molecule has 1 heterocycles. The van der Waals surface area contributed by atoms with Gasteiger partial charge in [0.05, 0.1) is 23.6 Å². The van der Waals surface area contributed by atoms with Gasteiger partial charge in [-0.1, -0.05) is 18.2 Å². The number of nitro groups is 1. The number of rotatable bonds is 4. The van der Waals surface area contributed by atoms with Crippen molar-refractivity contribution in [2.24, 2.45) is 0 Å². The first-order valence-electron chi connectivity index (χ1n) is 8.68. The van der Waals surface area contributed by atoms with E-state index in [2.05, 4.69) is 5.32 Å². The van der Waals surface area contributed by atoms with Crippen LogP contribution in [-0.2, 0) is 9.53 Å². The molecule has 1 atom stereocenters. The van der Waals surface area contributed by atoms with Crippen molar-refractivity contribution in [3.05, 3.63) is 75.0 Å². The van der Waals surface area contributed by atoms with Gasteiger partial charge in [0, 0.05) is 17.5 Å². The maximum atomic E-state index is 12.6. The Kier molecular flexibility index (Phi) is 5.51. The number of phenols is 1. The fraction of sp³-hybridized carbons (Fsp3) is 0.200. The molecule has 150 valence electrons. The van der Waals surface area contributed by atoms with Crippen molar-refractivity contribution >= 4 is 34.7 Å². The van der Waals surface area contributed by atoms with E-state index in [0.29, 0.717) is 16.4 Å². The van der Waals surface area contributed by atoms with Gasteiger partial charge in [-0.15, -0.1) is 0 Å². The van der Waals surface area contributed by atoms with Crippen molar-refractivity contribution in [2.75, 3.05) is 12.0 Å². The van der Waals surface area contributed by atoms with E-state index in [1.807, 2.05) is 31.2 Å². The van der Waals surface area contributed by atoms with Gasteiger partial charge < -0.3 is 15.2 Å². The highest BCUT2D eigenvalue weighted by Crippen LogP contribution is 2.37. The van der Waals surface area contributed by atoms with Crippen LogP contribution in [-0.4, -0.2) is 28.2 Å². The van der Waals surface area contributed by atoms with Gasteiger partial charge in [-0.2, -0.15) is 0 Å². The fourth-order valence-electron chi connectivity index (χ4n) is 3.31. The minimum Gasteiger partial charge on any atom is -0.502 e. The summed E-state index contributed by atoms with van der Waals surface area (Å²) >= 11 is 5.54. The van der Waals surface area contributed by atoms with E-state index in [0.717, 1.165) is 11.3 Å². The Balaban J connectivity index is 2.17. The summed E-state index contributed by atoms with van der Waals surface area (Å²) in [7, 11) is 1.27. The van der Waals surface area contributed by atoms with E-state index in [1.165, 1.54) is 25.3 Å². The highest BCUT2D eigenvalue weighted by atomic mass is 32.1. The van der Waals surface area contributed by atoms with Gasteiger partial charge >= 0.3 is 11.7 Å². The van der Waals surface area contributed by atoms with Crippen LogP contribution in [0.25, 0.3) is 0 Å². The standard InChI is InChI=1S/C20H19N3O5S/c1-11-5-4-6-14(9-11)22-12(2)17(19(25)28-3)18(21-20(22)29)13-7-8-16(24)15(10-13)23(26)27/h4-10,18,24H,1-3H3,(H,21,29). The molecule has 2 aromatic rings. The molecule has 0 radical (unpaired) electrons. The van der Waals surface area contributed by atoms with Crippen molar-refractivity contribution in [1.82, 2.24) is 5.32 Å². The molecule has 0 bridgehead atoms. The first-order valence-corrected chi connectivity index (χ1v) is 9.09. The van der Waals surface area contributed by atoms with Crippen LogP contribution < -0.4 is 10.2 Å². The summed E-state index contributed by atoms with van der Waals surface area (Å²) in [5.41, 5.74) is 2.55. The third kappa shape index (κ3) is 3.77. The van der Waals surface area contributed by atoms with Crippen LogP contribution >= 0.6 is 12.2 Å². The van der Waals surface area contributed by atoms with Crippen molar-refractivity contribution in [3.63, 3.8) is 0 Å². The first kappa shape index (κ1) is 20.3. The highest BCUT2D eigenvalue weighted by molar-refractivity contribution is 7.80. The van der Waals surface area contributed by atoms with Crippen LogP contribution in [0, 0.1) is 17.0 Å². The Morgan fingerprint density at radius 1 is 1.28 bits per heavy atom. The number of allylic oxidation sites excluding steroid dienone is 1. The number of esters is 1. The number of benzene rings is 2. The highest BCUT2D eigenvalue weighted by Gasteiger charge is 2.36. The van der Waals surface area contributed by atoms with E-state index in [9.17, 15) is 20.0 Å². The monoisotopic (exact) mass is 413 g/mol. The number of carbonyl (C=O) groups is 1. The van der Waals surface area contributed by atoms with E-state index >= 15 is 0 Å². The molecule has 0 aromatic heterocycles. The average Bonchev–Trinajstić information content (AvgIpc) is 2.67. The molecule has 1 unspecified atom stereocenters. The summed E-state index contributed by atoms with van der Waals surface area (Å²) in [6.07, 6.45) is 0. The van der Waals surface area contributed by atoms with E-state index in [-0.39, 0.29) is 5.57 Å². The molecular weight excluding hydrogens is 394 g/mol. The van der Waals surface area contributed by atoms with Gasteiger partial charge in [-0.25, -0.2) is 4.79 Å². The van der Waals surface area contributed by atoms with Crippen molar-refractivity contribution < 1.29 is 19.6 Å². The third-order valence-corrected chi connectivity index (χ3v) is 4.98. The molecule has 0 saturated heterocycles. The number of aryl methyl sites for hydroxylation is 1. The average molecular weight is 413 g/mol. The molecular formula is C20H19N3O5S. The van der Waals surface area contributed by atoms with Crippen LogP contribution in [0.5, 0.6) is 5.75 Å². The van der Waals surface area contributed by atoms with Crippen LogP contribution in [0.3, 0.4) is 0 Å². The lowest BCUT2D eigenvalue weighted by atomic mass is 9.94. The molecule has 0 saturated carbocycles. The fourth-order valence-corrected chi connectivity index (χ4v) is 3.67. The van der Waals surface area contributed by atoms with Crippen molar-refractivity contribution in [2.45, 2.75) is 19.9 Å². The molecule has 2 N–H and O–H groups in total. The number of aromatic hydroxyl groups is 1. The van der Waals surface area contributed by atoms with Gasteiger partial charge in [-0.3, -0.25) is 15.0 Å². The zero-order valence-corrected chi connectivity index (χ0v) is 16.8. The zero-order chi connectivity index (χ0) is 21.3. The summed E-state index contributed by atoms with van der Waals surface area (Å²) in [5.74, 6) is -1.05. The third-order valence-electron chi connectivity index (χ3n) is 4.68. The number of thiocarbonyl (C=S) groups is 1. The number of anilines is 1. The molecule has 0 amide bonds. The normalized spacial score (nSPS) is 16.4. The van der Waals surface area contributed by atoms with Gasteiger partial charge in [0.1, 0.15) is 0 Å². The molecule has 1 aliphatic rings. The second kappa shape index (κ2) is 7.88. The van der Waals surface area contributed by atoms with Gasteiger partial charge in [-0.05, 0) is 55.4 Å². The van der Waals surface area contributed by atoms with Crippen LogP contribution in [0.15, 0.2) is 53.7 Å². The zero-order valence-electron chi connectivity index (χ0n) is 16.0. The molecule has 0 fully saturated rings. The summed E-state index contributed by atoms with van der Waals surface area (Å²) < 4.78 is 4.97. The summed E-state index contributed by atoms with van der Waals surface area (Å²) in [5, 5.41) is 24.4. The molecule has 1 aliphatic heterocycles. The predicted octanol–water partition coefficient (Wildman–Crippen LogP) is 3.49. The van der Waals surface area contributed by atoms with Gasteiger partial charge in [0.15, 0.2) is 10.9 Å². The number of methoxy groups -OCH3 is 1. The maximum Gasteiger partial charge on any atom is 0.337 e. The Labute approximate surface area is 172 Å². The van der Waals surface area contributed by atoms with E-state index < -0.39 is 28.4 Å². The number of carbonyl (C=O) groups excluding carboxylic acids is 1. The molecule has 9 heteroatoms. The SMILES string of the molecule is COC(=O)C1=C(C)N(c2cccc(C)c2)C(=S)NC1c1ccc(O)c([N+](=O)[O-])c1. The summed E-state index contributed by atoms with van der Waals surface area (Å²) in [6, 6.07) is 10.8. The Morgan fingerprint density at radius 3 is 2.62 bits per heavy atom. The summed E-state index contributed by atoms with van der Waals surface area (Å²) in [6.45, 7) is 3.69. The minimum absolute atomic E-state index is 0.266. The minimum atomic E-state index is -0.768. The molecule has 0 spiro atoms. The topological polar surface area (TPSA) is 105 Å². The first-order chi connectivity index (χ1) is 13.7. The number of nitro benzene ring substituents is 1. The number of hydrogen-bond donors (Lipinski definition) is 2. The quantitative estimate of drug-likeness (QED) is 0.340. The lowest BCUT2D eigenvalue weighted by Crippen LogP contribution is -2.48. The second-order valence-corrected chi connectivity index (χ2v) is 6.94. The van der Waals surface area contributed by atoms with Crippen molar-refractivity contribution in [3.8, 4) is 5.75 Å². The van der Waals surface area contributed by atoms with Crippen LogP contribution in [0.4, 0.5) is 11.4 Å². The molecule has 3 rings (SSSR count). The van der Waals surface area contributed by atoms with Crippen LogP contribution in [0.1, 0.15) is 24.1 Å². The van der Waals surface area contributed by atoms with Gasteiger partial charge in [0.2, 0.25) is 0 Å². The lowest BCUT2D eigenvalue weighted by Gasteiger charge is -2.37. The number of phenolic OH excluding ortho intramolecular Hbond substituents is 1. The lowest BCUT2D eigenvalue weighted by molar-refractivity contribution is -0.385. The Hall–Kier alpha value is -3.46. The molecule has 0 aliphatic carbocycles. The number of ether oxygens (including phenoxy) is 1. The second-order valence-electron chi connectivity index (χ2n) is 6.55. The predicted molar refractivity (Wildman–Crippen MR) is 112 cm³/mol. The molecule has 2 aromatic carbocycles. The number of hydrogen-bond acceptors (Lipinski definition) is 6. The molecule has 8 nitrogen and oxygen atoms in total. The maximum absolute atomic E-state index is 12.6. The number of nitrogens with zero attached hydrogens (tertiary/aromatic N) is 2. The molecule has 29 heavy (non-hydrogen) atoms. The van der Waals surface area contributed by atoms with Gasteiger partial charge in [0.25, 0.3) is 0 Å². The van der Waals surface area contributed by atoms with E-state index in [1.54, 1.807) is 11.8 Å². The van der Waals surface area contributed by atoms with Crippen LogP contribution in [0.2, 0.25) is 0 Å². The smallest absolute Gasteiger partial charge is 0.337 e. The Morgan fingerprint density at radius 2 is 2.00 bits per heavy atom. The number of nitrogens with one attached hydrogen (secondary N) is 1.